The number of halogens is 2. The van der Waals surface area contributed by atoms with E-state index in [1.807, 2.05) is 7.05 Å². The van der Waals surface area contributed by atoms with E-state index in [1.54, 1.807) is 12.1 Å². The van der Waals surface area contributed by atoms with Crippen LogP contribution in [0.25, 0.3) is 0 Å². The van der Waals surface area contributed by atoms with Gasteiger partial charge in [0.25, 0.3) is 0 Å². The summed E-state index contributed by atoms with van der Waals surface area (Å²) in [4.78, 5) is 0. The highest BCUT2D eigenvalue weighted by Gasteiger charge is 2.14. The number of hydrogen-bond acceptors (Lipinski definition) is 1. The average Bonchev–Trinajstić information content (AvgIpc) is 2.22. The van der Waals surface area contributed by atoms with E-state index in [0.717, 1.165) is 18.5 Å². The molecule has 0 aromatic heterocycles. The Morgan fingerprint density at radius 1 is 1.31 bits per heavy atom. The maximum atomic E-state index is 13.6. The maximum absolute atomic E-state index is 13.6. The molecule has 0 aliphatic heterocycles. The van der Waals surface area contributed by atoms with Gasteiger partial charge in [0.1, 0.15) is 5.82 Å². The molecule has 90 valence electrons. The largest absolute Gasteiger partial charge is 0.319 e. The van der Waals surface area contributed by atoms with Crippen LogP contribution >= 0.6 is 11.6 Å². The van der Waals surface area contributed by atoms with Crippen molar-refractivity contribution in [2.75, 3.05) is 13.6 Å². The Kier molecular flexibility index (Phi) is 5.23. The standard InChI is InChI=1S/C13H19ClFN/c1-9(10(2)8-16-3)6-11-4-5-12(14)7-13(11)15/h4-5,7,9-10,16H,6,8H2,1-3H3. The molecule has 3 heteroatoms. The molecule has 0 fully saturated rings. The zero-order valence-electron chi connectivity index (χ0n) is 10.1. The normalized spacial score (nSPS) is 14.8. The van der Waals surface area contributed by atoms with Crippen LogP contribution in [0.15, 0.2) is 18.2 Å². The second-order valence-corrected chi connectivity index (χ2v) is 4.89. The maximum Gasteiger partial charge on any atom is 0.127 e. The molecule has 0 heterocycles. The highest BCUT2D eigenvalue weighted by atomic mass is 35.5. The monoisotopic (exact) mass is 243 g/mol. The molecule has 0 spiro atoms. The molecule has 0 aliphatic rings. The number of nitrogens with one attached hydrogen (secondary N) is 1. The Morgan fingerprint density at radius 2 is 2.00 bits per heavy atom. The number of benzene rings is 1. The first-order valence-corrected chi connectivity index (χ1v) is 6.01. The number of hydrogen-bond donors (Lipinski definition) is 1. The molecule has 2 unspecified atom stereocenters. The summed E-state index contributed by atoms with van der Waals surface area (Å²) < 4.78 is 13.6. The summed E-state index contributed by atoms with van der Waals surface area (Å²) >= 11 is 5.72. The van der Waals surface area contributed by atoms with Crippen molar-refractivity contribution < 1.29 is 4.39 Å². The van der Waals surface area contributed by atoms with Gasteiger partial charge in [-0.1, -0.05) is 31.5 Å². The molecule has 0 bridgehead atoms. The van der Waals surface area contributed by atoms with Gasteiger partial charge in [-0.15, -0.1) is 0 Å². The third-order valence-electron chi connectivity index (χ3n) is 3.05. The summed E-state index contributed by atoms with van der Waals surface area (Å²) in [5.74, 6) is 0.777. The van der Waals surface area contributed by atoms with E-state index in [4.69, 9.17) is 11.6 Å². The SMILES string of the molecule is CNCC(C)C(C)Cc1ccc(Cl)cc1F. The van der Waals surface area contributed by atoms with Crippen LogP contribution in [0.3, 0.4) is 0 Å². The van der Waals surface area contributed by atoms with Gasteiger partial charge in [-0.3, -0.25) is 0 Å². The predicted molar refractivity (Wildman–Crippen MR) is 67.4 cm³/mol. The van der Waals surface area contributed by atoms with Gasteiger partial charge in [-0.25, -0.2) is 4.39 Å². The molecular weight excluding hydrogens is 225 g/mol. The lowest BCUT2D eigenvalue weighted by Gasteiger charge is -2.19. The molecule has 16 heavy (non-hydrogen) atoms. The summed E-state index contributed by atoms with van der Waals surface area (Å²) in [5, 5.41) is 3.60. The first-order valence-electron chi connectivity index (χ1n) is 5.63. The van der Waals surface area contributed by atoms with Crippen LogP contribution in [0.5, 0.6) is 0 Å². The van der Waals surface area contributed by atoms with Crippen LogP contribution in [-0.4, -0.2) is 13.6 Å². The molecule has 0 amide bonds. The fourth-order valence-corrected chi connectivity index (χ4v) is 1.92. The molecule has 1 aromatic carbocycles. The van der Waals surface area contributed by atoms with Gasteiger partial charge in [-0.05, 0) is 49.5 Å². The summed E-state index contributed by atoms with van der Waals surface area (Å²) in [5.41, 5.74) is 0.750. The lowest BCUT2D eigenvalue weighted by atomic mass is 9.89. The van der Waals surface area contributed by atoms with Gasteiger partial charge in [0.15, 0.2) is 0 Å². The summed E-state index contributed by atoms with van der Waals surface area (Å²) in [6, 6.07) is 4.90. The molecule has 1 nitrogen and oxygen atoms in total. The molecule has 0 saturated heterocycles. The lowest BCUT2D eigenvalue weighted by molar-refractivity contribution is 0.370. The van der Waals surface area contributed by atoms with Crippen LogP contribution in [0, 0.1) is 17.7 Å². The molecule has 1 N–H and O–H groups in total. The minimum atomic E-state index is -0.198. The molecule has 0 aliphatic carbocycles. The van der Waals surface area contributed by atoms with Gasteiger partial charge in [0.05, 0.1) is 0 Å². The molecule has 2 atom stereocenters. The Labute approximate surface area is 102 Å². The van der Waals surface area contributed by atoms with Crippen molar-refractivity contribution in [3.8, 4) is 0 Å². The van der Waals surface area contributed by atoms with E-state index in [1.165, 1.54) is 6.07 Å². The fourth-order valence-electron chi connectivity index (χ4n) is 1.76. The van der Waals surface area contributed by atoms with Crippen LogP contribution in [0.2, 0.25) is 5.02 Å². The molecule has 0 radical (unpaired) electrons. The Morgan fingerprint density at radius 3 is 2.56 bits per heavy atom. The summed E-state index contributed by atoms with van der Waals surface area (Å²) in [7, 11) is 1.94. The Hall–Kier alpha value is -0.600. The summed E-state index contributed by atoms with van der Waals surface area (Å²) in [6.45, 7) is 5.28. The van der Waals surface area contributed by atoms with Crippen molar-refractivity contribution in [2.24, 2.45) is 11.8 Å². The van der Waals surface area contributed by atoms with E-state index in [-0.39, 0.29) is 5.82 Å². The van der Waals surface area contributed by atoms with Gasteiger partial charge in [0, 0.05) is 5.02 Å². The molecule has 0 saturated carbocycles. The van der Waals surface area contributed by atoms with Crippen molar-refractivity contribution in [3.05, 3.63) is 34.6 Å². The van der Waals surface area contributed by atoms with Crippen molar-refractivity contribution in [2.45, 2.75) is 20.3 Å². The van der Waals surface area contributed by atoms with Crippen molar-refractivity contribution >= 4 is 11.6 Å². The van der Waals surface area contributed by atoms with E-state index >= 15 is 0 Å². The first kappa shape index (κ1) is 13.5. The quantitative estimate of drug-likeness (QED) is 0.835. The van der Waals surface area contributed by atoms with Crippen LogP contribution in [0.4, 0.5) is 4.39 Å². The second kappa shape index (κ2) is 6.21. The highest BCUT2D eigenvalue weighted by molar-refractivity contribution is 6.30. The minimum absolute atomic E-state index is 0.198. The van der Waals surface area contributed by atoms with Crippen LogP contribution < -0.4 is 5.32 Å². The van der Waals surface area contributed by atoms with E-state index in [2.05, 4.69) is 19.2 Å². The summed E-state index contributed by atoms with van der Waals surface area (Å²) in [6.07, 6.45) is 0.756. The van der Waals surface area contributed by atoms with E-state index < -0.39 is 0 Å². The third-order valence-corrected chi connectivity index (χ3v) is 3.29. The van der Waals surface area contributed by atoms with Crippen molar-refractivity contribution in [3.63, 3.8) is 0 Å². The third kappa shape index (κ3) is 3.76. The van der Waals surface area contributed by atoms with Crippen LogP contribution in [0.1, 0.15) is 19.4 Å². The van der Waals surface area contributed by atoms with Crippen molar-refractivity contribution in [1.29, 1.82) is 0 Å². The van der Waals surface area contributed by atoms with Gasteiger partial charge in [0.2, 0.25) is 0 Å². The zero-order valence-corrected chi connectivity index (χ0v) is 10.8. The van der Waals surface area contributed by atoms with Gasteiger partial charge in [-0.2, -0.15) is 0 Å². The highest BCUT2D eigenvalue weighted by Crippen LogP contribution is 2.21. The topological polar surface area (TPSA) is 12.0 Å². The van der Waals surface area contributed by atoms with E-state index in [9.17, 15) is 4.39 Å². The smallest absolute Gasteiger partial charge is 0.127 e. The predicted octanol–water partition coefficient (Wildman–Crippen LogP) is 3.51. The van der Waals surface area contributed by atoms with Gasteiger partial charge >= 0.3 is 0 Å². The lowest BCUT2D eigenvalue weighted by Crippen LogP contribution is -2.23. The first-order chi connectivity index (χ1) is 7.54. The Bertz CT molecular complexity index is 341. The molecule has 1 rings (SSSR count). The van der Waals surface area contributed by atoms with E-state index in [0.29, 0.717) is 16.9 Å². The second-order valence-electron chi connectivity index (χ2n) is 4.45. The van der Waals surface area contributed by atoms with Gasteiger partial charge < -0.3 is 5.32 Å². The number of rotatable bonds is 5. The molecule has 1 aromatic rings. The zero-order chi connectivity index (χ0) is 12.1. The van der Waals surface area contributed by atoms with Crippen molar-refractivity contribution in [1.82, 2.24) is 5.32 Å². The minimum Gasteiger partial charge on any atom is -0.319 e. The van der Waals surface area contributed by atoms with Crippen LogP contribution in [-0.2, 0) is 6.42 Å². The fraction of sp³-hybridized carbons (Fsp3) is 0.538. The average molecular weight is 244 g/mol. The Balaban J connectivity index is 2.65. The molecular formula is C13H19ClFN.